The van der Waals surface area contributed by atoms with Gasteiger partial charge in [0.05, 0.1) is 18.5 Å². The molecular weight excluding hydrogens is 248 g/mol. The molecule has 1 unspecified atom stereocenters. The van der Waals surface area contributed by atoms with Crippen molar-refractivity contribution in [3.8, 4) is 0 Å². The Morgan fingerprint density at radius 3 is 2.37 bits per heavy atom. The number of nitrogens with two attached hydrogens (primary N) is 1. The van der Waals surface area contributed by atoms with Gasteiger partial charge in [0.25, 0.3) is 0 Å². The number of nitrogens with one attached hydrogen (secondary N) is 1. The van der Waals surface area contributed by atoms with E-state index in [1.165, 1.54) is 6.92 Å². The number of carboxylic acids is 1. The molecule has 0 aliphatic heterocycles. The zero-order chi connectivity index (χ0) is 14.4. The highest BCUT2D eigenvalue weighted by atomic mass is 16.4. The molecule has 0 saturated heterocycles. The molecule has 0 aromatic heterocycles. The predicted octanol–water partition coefficient (Wildman–Crippen LogP) is 0.671. The van der Waals surface area contributed by atoms with Crippen LogP contribution in [0.2, 0.25) is 0 Å². The van der Waals surface area contributed by atoms with Gasteiger partial charge in [-0.15, -0.1) is 0 Å². The molecule has 19 heavy (non-hydrogen) atoms. The molecule has 2 atom stereocenters. The van der Waals surface area contributed by atoms with Gasteiger partial charge in [-0.05, 0) is 31.2 Å². The molecule has 0 amide bonds. The number of ketones is 1. The second-order valence-corrected chi connectivity index (χ2v) is 4.20. The van der Waals surface area contributed by atoms with Crippen molar-refractivity contribution in [3.05, 3.63) is 29.8 Å². The van der Waals surface area contributed by atoms with Crippen LogP contribution in [-0.4, -0.2) is 35.2 Å². The molecule has 4 N–H and O–H groups in total. The number of carbonyl (C=O) groups is 3. The number of hydrogen-bond acceptors (Lipinski definition) is 5. The molecule has 6 nitrogen and oxygen atoms in total. The van der Waals surface area contributed by atoms with Crippen molar-refractivity contribution in [3.63, 3.8) is 0 Å². The Kier molecular flexibility index (Phi) is 5.20. The van der Waals surface area contributed by atoms with Gasteiger partial charge in [-0.2, -0.15) is 0 Å². The Hall–Kier alpha value is -2.21. The minimum atomic E-state index is -1.05. The molecule has 0 bridgehead atoms. The number of aldehydes is 1. The lowest BCUT2D eigenvalue weighted by molar-refractivity contribution is -0.137. The molecule has 0 fully saturated rings. The third kappa shape index (κ3) is 4.51. The highest BCUT2D eigenvalue weighted by molar-refractivity contribution is 5.94. The van der Waals surface area contributed by atoms with Crippen molar-refractivity contribution < 1.29 is 19.5 Å². The first-order valence-corrected chi connectivity index (χ1v) is 5.74. The quantitative estimate of drug-likeness (QED) is 0.493. The monoisotopic (exact) mass is 264 g/mol. The largest absolute Gasteiger partial charge is 0.481 e. The molecule has 1 rings (SSSR count). The van der Waals surface area contributed by atoms with Crippen molar-refractivity contribution in [1.82, 2.24) is 0 Å². The third-order valence-corrected chi connectivity index (χ3v) is 2.66. The van der Waals surface area contributed by atoms with E-state index < -0.39 is 18.1 Å². The van der Waals surface area contributed by atoms with Crippen LogP contribution in [0.3, 0.4) is 0 Å². The van der Waals surface area contributed by atoms with Gasteiger partial charge in [0, 0.05) is 11.3 Å². The number of carbonyl (C=O) groups excluding carboxylic acids is 2. The van der Waals surface area contributed by atoms with Crippen molar-refractivity contribution in [1.29, 1.82) is 0 Å². The summed E-state index contributed by atoms with van der Waals surface area (Å²) in [4.78, 5) is 32.5. The topological polar surface area (TPSA) is 109 Å². The van der Waals surface area contributed by atoms with Crippen molar-refractivity contribution in [2.45, 2.75) is 25.4 Å². The number of Topliss-reactive ketones (excluding diaryl/α,β-unsaturated/α-hetero) is 1. The average Bonchev–Trinajstić information content (AvgIpc) is 2.37. The first-order valence-electron chi connectivity index (χ1n) is 5.74. The summed E-state index contributed by atoms with van der Waals surface area (Å²) in [6.45, 7) is 1.46. The summed E-state index contributed by atoms with van der Waals surface area (Å²) < 4.78 is 0. The fraction of sp³-hybridized carbons (Fsp3) is 0.308. The fourth-order valence-electron chi connectivity index (χ4n) is 1.58. The zero-order valence-electron chi connectivity index (χ0n) is 10.5. The summed E-state index contributed by atoms with van der Waals surface area (Å²) in [6, 6.07) is 4.91. The number of anilines is 1. The lowest BCUT2D eigenvalue weighted by Crippen LogP contribution is -2.42. The molecule has 0 aliphatic rings. The van der Waals surface area contributed by atoms with Crippen LogP contribution < -0.4 is 11.1 Å². The number of benzene rings is 1. The number of hydrogen-bond donors (Lipinski definition) is 3. The van der Waals surface area contributed by atoms with E-state index in [2.05, 4.69) is 5.32 Å². The van der Waals surface area contributed by atoms with Crippen molar-refractivity contribution in [2.75, 3.05) is 5.32 Å². The van der Waals surface area contributed by atoms with E-state index in [9.17, 15) is 14.4 Å². The van der Waals surface area contributed by atoms with Gasteiger partial charge in [-0.25, -0.2) is 0 Å². The van der Waals surface area contributed by atoms with Crippen molar-refractivity contribution in [2.24, 2.45) is 5.73 Å². The molecule has 0 aliphatic carbocycles. The van der Waals surface area contributed by atoms with Gasteiger partial charge >= 0.3 is 5.97 Å². The van der Waals surface area contributed by atoms with Crippen LogP contribution in [0, 0.1) is 0 Å². The minimum Gasteiger partial charge on any atom is -0.481 e. The summed E-state index contributed by atoms with van der Waals surface area (Å²) >= 11 is 0. The summed E-state index contributed by atoms with van der Waals surface area (Å²) in [7, 11) is 0. The maximum atomic E-state index is 11.1. The predicted molar refractivity (Wildman–Crippen MR) is 70.1 cm³/mol. The van der Waals surface area contributed by atoms with E-state index in [1.807, 2.05) is 0 Å². The van der Waals surface area contributed by atoms with Crippen LogP contribution in [0.4, 0.5) is 5.69 Å². The van der Waals surface area contributed by atoms with Gasteiger partial charge < -0.3 is 21.0 Å². The van der Waals surface area contributed by atoms with Crippen LogP contribution in [0.15, 0.2) is 24.3 Å². The lowest BCUT2D eigenvalue weighted by atomic mass is 10.1. The molecule has 0 radical (unpaired) electrons. The van der Waals surface area contributed by atoms with E-state index in [1.54, 1.807) is 24.3 Å². The maximum absolute atomic E-state index is 11.1. The zero-order valence-corrected chi connectivity index (χ0v) is 10.5. The minimum absolute atomic E-state index is 0.0572. The molecule has 6 heteroatoms. The smallest absolute Gasteiger partial charge is 0.305 e. The number of carboxylic acid groups (broad SMARTS) is 1. The summed E-state index contributed by atoms with van der Waals surface area (Å²) in [5.41, 5.74) is 6.70. The summed E-state index contributed by atoms with van der Waals surface area (Å²) in [5.74, 6) is -1.10. The van der Waals surface area contributed by atoms with Gasteiger partial charge in [0.1, 0.15) is 6.29 Å². The normalized spacial score (nSPS) is 13.4. The molecule has 102 valence electrons. The molecule has 0 saturated carbocycles. The van der Waals surface area contributed by atoms with E-state index in [0.29, 0.717) is 17.5 Å². The molecule has 1 aromatic carbocycles. The Morgan fingerprint density at radius 1 is 1.37 bits per heavy atom. The van der Waals surface area contributed by atoms with E-state index in [4.69, 9.17) is 10.8 Å². The van der Waals surface area contributed by atoms with Crippen LogP contribution in [0.1, 0.15) is 23.7 Å². The van der Waals surface area contributed by atoms with Crippen LogP contribution in [0.5, 0.6) is 0 Å². The highest BCUT2D eigenvalue weighted by Crippen LogP contribution is 2.13. The van der Waals surface area contributed by atoms with Gasteiger partial charge in [-0.3, -0.25) is 9.59 Å². The summed E-state index contributed by atoms with van der Waals surface area (Å²) in [5, 5.41) is 11.6. The Labute approximate surface area is 110 Å². The second-order valence-electron chi connectivity index (χ2n) is 4.20. The molecular formula is C13H16N2O4. The SMILES string of the molecule is CC(=O)c1ccc(NC(CC(=O)O)[C@H](N)C=O)cc1. The average molecular weight is 264 g/mol. The van der Waals surface area contributed by atoms with Gasteiger partial charge in [-0.1, -0.05) is 0 Å². The van der Waals surface area contributed by atoms with Gasteiger partial charge in [0.2, 0.25) is 0 Å². The first-order chi connectivity index (χ1) is 8.93. The number of rotatable bonds is 7. The Morgan fingerprint density at radius 2 is 1.95 bits per heavy atom. The number of aliphatic carboxylic acids is 1. The standard InChI is InChI=1S/C13H16N2O4/c1-8(17)9-2-4-10(5-3-9)15-12(6-13(18)19)11(14)7-16/h2-5,7,11-12,15H,6,14H2,1H3,(H,18,19)/t11-,12?/m1/s1. The second kappa shape index (κ2) is 6.65. The third-order valence-electron chi connectivity index (χ3n) is 2.66. The molecule has 1 aromatic rings. The Balaban J connectivity index is 2.80. The maximum Gasteiger partial charge on any atom is 0.305 e. The van der Waals surface area contributed by atoms with E-state index in [-0.39, 0.29) is 12.2 Å². The highest BCUT2D eigenvalue weighted by Gasteiger charge is 2.20. The van der Waals surface area contributed by atoms with Gasteiger partial charge in [0.15, 0.2) is 5.78 Å². The lowest BCUT2D eigenvalue weighted by Gasteiger charge is -2.20. The van der Waals surface area contributed by atoms with Crippen LogP contribution in [-0.2, 0) is 9.59 Å². The fourth-order valence-corrected chi connectivity index (χ4v) is 1.58. The molecule has 0 heterocycles. The molecule has 0 spiro atoms. The van der Waals surface area contributed by atoms with Crippen molar-refractivity contribution >= 4 is 23.7 Å². The first kappa shape index (κ1) is 14.8. The summed E-state index contributed by atoms with van der Waals surface area (Å²) in [6.07, 6.45) is 0.235. The van der Waals surface area contributed by atoms with E-state index >= 15 is 0 Å². The van der Waals surface area contributed by atoms with E-state index in [0.717, 1.165) is 0 Å². The van der Waals surface area contributed by atoms with Crippen LogP contribution >= 0.6 is 0 Å². The van der Waals surface area contributed by atoms with Crippen LogP contribution in [0.25, 0.3) is 0 Å². The Bertz CT molecular complexity index is 470.